The van der Waals surface area contributed by atoms with Crippen molar-refractivity contribution in [2.45, 2.75) is 6.92 Å². The van der Waals surface area contributed by atoms with E-state index in [1.54, 1.807) is 0 Å². The zero-order valence-corrected chi connectivity index (χ0v) is 13.0. The van der Waals surface area contributed by atoms with Crippen molar-refractivity contribution in [1.29, 1.82) is 0 Å². The Labute approximate surface area is 136 Å². The van der Waals surface area contributed by atoms with Crippen molar-refractivity contribution < 1.29 is 0 Å². The van der Waals surface area contributed by atoms with E-state index in [9.17, 15) is 0 Å². The van der Waals surface area contributed by atoms with Crippen molar-refractivity contribution in [2.24, 2.45) is 4.99 Å². The summed E-state index contributed by atoms with van der Waals surface area (Å²) in [6, 6.07) is 25.9. The summed E-state index contributed by atoms with van der Waals surface area (Å²) in [4.78, 5) is 4.77. The van der Waals surface area contributed by atoms with Gasteiger partial charge in [-0.1, -0.05) is 60.7 Å². The molecule has 0 fully saturated rings. The molecule has 0 aliphatic heterocycles. The maximum Gasteiger partial charge on any atom is 0.138 e. The predicted octanol–water partition coefficient (Wildman–Crippen LogP) is 4.77. The Morgan fingerprint density at radius 1 is 0.826 bits per heavy atom. The van der Waals surface area contributed by atoms with E-state index < -0.39 is 0 Å². The highest BCUT2D eigenvalue weighted by atomic mass is 15.0. The minimum Gasteiger partial charge on any atom is -0.397 e. The molecule has 0 saturated heterocycles. The first-order chi connectivity index (χ1) is 11.2. The number of rotatable bonds is 3. The van der Waals surface area contributed by atoms with Gasteiger partial charge in [0.1, 0.15) is 5.84 Å². The Balaban J connectivity index is 2.05. The number of hydrogen-bond acceptors (Lipinski definition) is 2. The van der Waals surface area contributed by atoms with Gasteiger partial charge >= 0.3 is 0 Å². The summed E-state index contributed by atoms with van der Waals surface area (Å²) < 4.78 is 0. The molecule has 3 aromatic rings. The van der Waals surface area contributed by atoms with E-state index in [4.69, 9.17) is 10.7 Å². The van der Waals surface area contributed by atoms with Crippen LogP contribution < -0.4 is 11.1 Å². The molecule has 114 valence electrons. The minimum absolute atomic E-state index is 0.704. The fourth-order valence-corrected chi connectivity index (χ4v) is 2.30. The molecule has 3 aromatic carbocycles. The van der Waals surface area contributed by atoms with E-state index in [1.807, 2.05) is 85.8 Å². The number of benzene rings is 3. The second-order valence-electron chi connectivity index (χ2n) is 5.33. The van der Waals surface area contributed by atoms with Gasteiger partial charge in [-0.25, -0.2) is 4.99 Å². The molecular weight excluding hydrogens is 282 g/mol. The van der Waals surface area contributed by atoms with Crippen LogP contribution in [0, 0.1) is 6.92 Å². The zero-order chi connectivity index (χ0) is 16.1. The Morgan fingerprint density at radius 2 is 1.48 bits per heavy atom. The van der Waals surface area contributed by atoms with Crippen molar-refractivity contribution in [3.05, 3.63) is 90.0 Å². The van der Waals surface area contributed by atoms with E-state index >= 15 is 0 Å². The lowest BCUT2D eigenvalue weighted by molar-refractivity contribution is 1.41. The van der Waals surface area contributed by atoms with Gasteiger partial charge in [-0.3, -0.25) is 0 Å². The molecule has 3 heteroatoms. The minimum atomic E-state index is 0.704. The topological polar surface area (TPSA) is 50.4 Å². The number of hydrogen-bond donors (Lipinski definition) is 2. The molecule has 0 unspecified atom stereocenters. The first-order valence-electron chi connectivity index (χ1n) is 7.55. The third-order valence-electron chi connectivity index (χ3n) is 3.62. The van der Waals surface area contributed by atoms with Gasteiger partial charge in [-0.05, 0) is 30.7 Å². The van der Waals surface area contributed by atoms with Gasteiger partial charge in [0, 0.05) is 11.3 Å². The molecule has 0 atom stereocenters. The summed E-state index contributed by atoms with van der Waals surface area (Å²) in [5, 5.41) is 3.38. The Morgan fingerprint density at radius 3 is 2.17 bits per heavy atom. The molecule has 0 aliphatic carbocycles. The Bertz CT molecular complexity index is 809. The van der Waals surface area contributed by atoms with Crippen LogP contribution in [0.2, 0.25) is 0 Å². The number of aliphatic imine (C=N–C) groups is 1. The highest BCUT2D eigenvalue weighted by molar-refractivity contribution is 6.09. The number of nitrogens with one attached hydrogen (secondary N) is 1. The molecule has 0 amide bonds. The number of amidine groups is 1. The van der Waals surface area contributed by atoms with Crippen LogP contribution in [0.3, 0.4) is 0 Å². The lowest BCUT2D eigenvalue weighted by Crippen LogP contribution is -2.13. The van der Waals surface area contributed by atoms with Crippen LogP contribution in [0.1, 0.15) is 11.1 Å². The monoisotopic (exact) mass is 301 g/mol. The number of nitrogen functional groups attached to an aromatic ring is 1. The van der Waals surface area contributed by atoms with Crippen molar-refractivity contribution >= 4 is 22.9 Å². The van der Waals surface area contributed by atoms with E-state index in [1.165, 1.54) is 0 Å². The molecule has 0 saturated carbocycles. The molecule has 3 rings (SSSR count). The fraction of sp³-hybridized carbons (Fsp3) is 0.0500. The molecule has 0 aromatic heterocycles. The van der Waals surface area contributed by atoms with E-state index in [0.29, 0.717) is 5.69 Å². The number of nitrogens with zero attached hydrogens (tertiary/aromatic N) is 1. The lowest BCUT2D eigenvalue weighted by atomic mass is 10.1. The van der Waals surface area contributed by atoms with Crippen molar-refractivity contribution in [3.63, 3.8) is 0 Å². The van der Waals surface area contributed by atoms with Gasteiger partial charge in [0.25, 0.3) is 0 Å². The molecule has 23 heavy (non-hydrogen) atoms. The first-order valence-corrected chi connectivity index (χ1v) is 7.55. The maximum absolute atomic E-state index is 6.17. The van der Waals surface area contributed by atoms with Crippen LogP contribution in [-0.4, -0.2) is 5.84 Å². The van der Waals surface area contributed by atoms with Crippen LogP contribution in [0.5, 0.6) is 0 Å². The summed E-state index contributed by atoms with van der Waals surface area (Å²) in [6.07, 6.45) is 0. The summed E-state index contributed by atoms with van der Waals surface area (Å²) >= 11 is 0. The van der Waals surface area contributed by atoms with Gasteiger partial charge in [0.2, 0.25) is 0 Å². The lowest BCUT2D eigenvalue weighted by Gasteiger charge is -2.12. The largest absolute Gasteiger partial charge is 0.397 e. The van der Waals surface area contributed by atoms with Gasteiger partial charge in [0.15, 0.2) is 0 Å². The highest BCUT2D eigenvalue weighted by Gasteiger charge is 2.06. The molecule has 0 spiro atoms. The summed E-state index contributed by atoms with van der Waals surface area (Å²) in [7, 11) is 0. The average Bonchev–Trinajstić information content (AvgIpc) is 2.60. The first kappa shape index (κ1) is 14.9. The number of anilines is 2. The summed E-state index contributed by atoms with van der Waals surface area (Å²) in [6.45, 7) is 1.99. The normalized spacial score (nSPS) is 11.3. The predicted molar refractivity (Wildman–Crippen MR) is 98.3 cm³/mol. The molecule has 0 radical (unpaired) electrons. The van der Waals surface area contributed by atoms with Gasteiger partial charge in [-0.15, -0.1) is 0 Å². The molecule has 0 heterocycles. The second-order valence-corrected chi connectivity index (χ2v) is 5.33. The second kappa shape index (κ2) is 6.79. The third kappa shape index (κ3) is 3.58. The van der Waals surface area contributed by atoms with Gasteiger partial charge in [0.05, 0.1) is 11.4 Å². The molecular formula is C20H19N3. The molecule has 0 aliphatic rings. The summed E-state index contributed by atoms with van der Waals surface area (Å²) in [5.74, 6) is 0.772. The summed E-state index contributed by atoms with van der Waals surface area (Å²) in [5.41, 5.74) is 10.7. The van der Waals surface area contributed by atoms with E-state index in [0.717, 1.165) is 28.3 Å². The van der Waals surface area contributed by atoms with Crippen molar-refractivity contribution in [1.82, 2.24) is 0 Å². The van der Waals surface area contributed by atoms with E-state index in [-0.39, 0.29) is 0 Å². The fourth-order valence-electron chi connectivity index (χ4n) is 2.30. The quantitative estimate of drug-likeness (QED) is 0.416. The van der Waals surface area contributed by atoms with Crippen LogP contribution in [0.15, 0.2) is 83.9 Å². The molecule has 0 bridgehead atoms. The van der Waals surface area contributed by atoms with Crippen LogP contribution in [0.25, 0.3) is 0 Å². The zero-order valence-electron chi connectivity index (χ0n) is 13.0. The van der Waals surface area contributed by atoms with Crippen molar-refractivity contribution in [2.75, 3.05) is 11.1 Å². The van der Waals surface area contributed by atoms with E-state index in [2.05, 4.69) is 5.32 Å². The average molecular weight is 301 g/mol. The molecule has 3 N–H and O–H groups in total. The van der Waals surface area contributed by atoms with Crippen LogP contribution in [-0.2, 0) is 0 Å². The van der Waals surface area contributed by atoms with Crippen LogP contribution >= 0.6 is 0 Å². The number of nitrogens with two attached hydrogens (primary N) is 1. The smallest absolute Gasteiger partial charge is 0.138 e. The van der Waals surface area contributed by atoms with Crippen molar-refractivity contribution in [3.8, 4) is 0 Å². The highest BCUT2D eigenvalue weighted by Crippen LogP contribution is 2.26. The number of para-hydroxylation sites is 2. The van der Waals surface area contributed by atoms with Crippen LogP contribution in [0.4, 0.5) is 17.1 Å². The van der Waals surface area contributed by atoms with Gasteiger partial charge < -0.3 is 11.1 Å². The standard InChI is InChI=1S/C20H19N3/c1-15-9-8-14-18(19(15)21)23-20(16-10-4-2-5-11-16)22-17-12-6-3-7-13-17/h2-14H,21H2,1H3,(H,22,23). The molecule has 3 nitrogen and oxygen atoms in total. The maximum atomic E-state index is 6.17. The Kier molecular flexibility index (Phi) is 4.39. The SMILES string of the molecule is Cc1cccc(N=C(Nc2ccccc2)c2ccccc2)c1N. The third-order valence-corrected chi connectivity index (χ3v) is 3.62. The number of aryl methyl sites for hydroxylation is 1. The Hall–Kier alpha value is -3.07. The van der Waals surface area contributed by atoms with Gasteiger partial charge in [-0.2, -0.15) is 0 Å².